The van der Waals surface area contributed by atoms with E-state index in [1.807, 2.05) is 31.2 Å². The molecule has 34 heavy (non-hydrogen) atoms. The van der Waals surface area contributed by atoms with E-state index >= 15 is 0 Å². The first-order valence-corrected chi connectivity index (χ1v) is 12.3. The van der Waals surface area contributed by atoms with Crippen LogP contribution in [0, 0.1) is 12.8 Å². The van der Waals surface area contributed by atoms with Crippen LogP contribution in [0.5, 0.6) is 0 Å². The Morgan fingerprint density at radius 2 is 1.76 bits per heavy atom. The number of nitrogens with two attached hydrogens (primary N) is 1. The number of rotatable bonds is 4. The molecule has 3 atom stereocenters. The second-order valence-corrected chi connectivity index (χ2v) is 9.92. The van der Waals surface area contributed by atoms with E-state index in [9.17, 15) is 14.4 Å². The largest absolute Gasteiger partial charge is 0.348 e. The Kier molecular flexibility index (Phi) is 6.13. The van der Waals surface area contributed by atoms with Crippen LogP contribution in [0.15, 0.2) is 42.5 Å². The number of hydrogen-bond acceptors (Lipinski definition) is 4. The lowest BCUT2D eigenvalue weighted by Crippen LogP contribution is -2.49. The first-order chi connectivity index (χ1) is 16.4. The third-order valence-electron chi connectivity index (χ3n) is 7.24. The molecule has 2 aromatic carbocycles. The van der Waals surface area contributed by atoms with Crippen molar-refractivity contribution < 1.29 is 14.4 Å². The molecule has 1 aliphatic heterocycles. The maximum absolute atomic E-state index is 13.4. The lowest BCUT2D eigenvalue weighted by molar-refractivity contribution is -0.120. The zero-order valence-electron chi connectivity index (χ0n) is 19.5. The number of amides is 3. The number of nitrogens with one attached hydrogen (secondary N) is 2. The number of benzene rings is 2. The van der Waals surface area contributed by atoms with Gasteiger partial charge < -0.3 is 21.3 Å². The standard InChI is InChI=1S/C27H32N4O3/c1-16-6-8-17(9-7-16)24-15-25(32)29-22-14-19(26(33)30-21-5-3-2-4-20(21)28)12-13-23(22)31(24)27(34)18-10-11-18/h6-9,12-14,18,20-21,24H,2-5,10-11,15,28H2,1H3,(H,29,32)(H,30,33). The highest BCUT2D eigenvalue weighted by Crippen LogP contribution is 2.43. The zero-order valence-corrected chi connectivity index (χ0v) is 19.5. The molecule has 1 heterocycles. The molecule has 0 saturated heterocycles. The summed E-state index contributed by atoms with van der Waals surface area (Å²) in [6.07, 6.45) is 5.82. The summed E-state index contributed by atoms with van der Waals surface area (Å²) in [4.78, 5) is 41.1. The first-order valence-electron chi connectivity index (χ1n) is 12.3. The van der Waals surface area contributed by atoms with Gasteiger partial charge in [0.1, 0.15) is 0 Å². The Balaban J connectivity index is 1.48. The van der Waals surface area contributed by atoms with Crippen LogP contribution in [0.2, 0.25) is 0 Å². The predicted molar refractivity (Wildman–Crippen MR) is 132 cm³/mol. The van der Waals surface area contributed by atoms with Crippen LogP contribution in [0.3, 0.4) is 0 Å². The fourth-order valence-corrected chi connectivity index (χ4v) is 5.07. The highest BCUT2D eigenvalue weighted by Gasteiger charge is 2.40. The van der Waals surface area contributed by atoms with E-state index in [0.29, 0.717) is 16.9 Å². The summed E-state index contributed by atoms with van der Waals surface area (Å²) in [5.74, 6) is -0.359. The molecule has 0 spiro atoms. The normalized spacial score (nSPS) is 24.6. The number of hydrogen-bond donors (Lipinski definition) is 3. The molecule has 3 amide bonds. The number of nitrogens with zero attached hydrogens (tertiary/aromatic N) is 1. The number of anilines is 2. The Morgan fingerprint density at radius 1 is 1.03 bits per heavy atom. The molecule has 0 aromatic heterocycles. The Hall–Kier alpha value is -3.19. The van der Waals surface area contributed by atoms with Crippen molar-refractivity contribution in [1.82, 2.24) is 5.32 Å². The van der Waals surface area contributed by atoms with E-state index in [1.165, 1.54) is 0 Å². The van der Waals surface area contributed by atoms with Gasteiger partial charge in [0.2, 0.25) is 11.8 Å². The molecule has 0 bridgehead atoms. The second kappa shape index (κ2) is 9.22. The minimum absolute atomic E-state index is 0.00948. The predicted octanol–water partition coefficient (Wildman–Crippen LogP) is 3.82. The van der Waals surface area contributed by atoms with Crippen molar-refractivity contribution >= 4 is 29.1 Å². The SMILES string of the molecule is Cc1ccc(C2CC(=O)Nc3cc(C(=O)NC4CCCCC4N)ccc3N2C(=O)C2CC2)cc1. The molecule has 178 valence electrons. The minimum atomic E-state index is -0.394. The van der Waals surface area contributed by atoms with Crippen molar-refractivity contribution in [3.8, 4) is 0 Å². The van der Waals surface area contributed by atoms with E-state index < -0.39 is 6.04 Å². The average molecular weight is 461 g/mol. The first kappa shape index (κ1) is 22.6. The molecule has 3 unspecified atom stereocenters. The average Bonchev–Trinajstić information content (AvgIpc) is 3.67. The van der Waals surface area contributed by atoms with Crippen LogP contribution >= 0.6 is 0 Å². The van der Waals surface area contributed by atoms with Crippen molar-refractivity contribution in [2.24, 2.45) is 11.7 Å². The van der Waals surface area contributed by atoms with Gasteiger partial charge in [-0.05, 0) is 56.4 Å². The number of carbonyl (C=O) groups excluding carboxylic acids is 3. The zero-order chi connectivity index (χ0) is 23.8. The molecular weight excluding hydrogens is 428 g/mol. The molecule has 5 rings (SSSR count). The van der Waals surface area contributed by atoms with Gasteiger partial charge in [0, 0.05) is 23.6 Å². The third kappa shape index (κ3) is 4.57. The summed E-state index contributed by atoms with van der Waals surface area (Å²) < 4.78 is 0. The van der Waals surface area contributed by atoms with Crippen LogP contribution < -0.4 is 21.3 Å². The summed E-state index contributed by atoms with van der Waals surface area (Å²) in [6.45, 7) is 2.01. The second-order valence-electron chi connectivity index (χ2n) is 9.92. The van der Waals surface area contributed by atoms with Crippen molar-refractivity contribution in [1.29, 1.82) is 0 Å². The van der Waals surface area contributed by atoms with Gasteiger partial charge in [-0.3, -0.25) is 14.4 Å². The monoisotopic (exact) mass is 460 g/mol. The van der Waals surface area contributed by atoms with E-state index in [0.717, 1.165) is 49.7 Å². The number of carbonyl (C=O) groups is 3. The van der Waals surface area contributed by atoms with Gasteiger partial charge in [-0.25, -0.2) is 0 Å². The summed E-state index contributed by atoms with van der Waals surface area (Å²) in [5, 5.41) is 6.01. The quantitative estimate of drug-likeness (QED) is 0.645. The molecule has 4 N–H and O–H groups in total. The topological polar surface area (TPSA) is 105 Å². The van der Waals surface area contributed by atoms with Gasteiger partial charge in [-0.1, -0.05) is 42.7 Å². The van der Waals surface area contributed by atoms with Crippen molar-refractivity contribution in [3.63, 3.8) is 0 Å². The molecule has 7 nitrogen and oxygen atoms in total. The molecule has 2 aliphatic carbocycles. The van der Waals surface area contributed by atoms with Crippen LogP contribution in [0.1, 0.15) is 72.5 Å². The van der Waals surface area contributed by atoms with Gasteiger partial charge in [-0.2, -0.15) is 0 Å². The summed E-state index contributed by atoms with van der Waals surface area (Å²) >= 11 is 0. The Labute approximate surface area is 200 Å². The molecular formula is C27H32N4O3. The number of aryl methyl sites for hydroxylation is 1. The lowest BCUT2D eigenvalue weighted by atomic mass is 9.91. The van der Waals surface area contributed by atoms with Crippen molar-refractivity contribution in [3.05, 3.63) is 59.2 Å². The van der Waals surface area contributed by atoms with Gasteiger partial charge in [-0.15, -0.1) is 0 Å². The minimum Gasteiger partial charge on any atom is -0.348 e. The van der Waals surface area contributed by atoms with E-state index in [2.05, 4.69) is 10.6 Å². The number of fused-ring (bicyclic) bond motifs is 1. The molecule has 2 aromatic rings. The maximum Gasteiger partial charge on any atom is 0.251 e. The Morgan fingerprint density at radius 3 is 2.47 bits per heavy atom. The smallest absolute Gasteiger partial charge is 0.251 e. The van der Waals surface area contributed by atoms with Gasteiger partial charge in [0.15, 0.2) is 0 Å². The highest BCUT2D eigenvalue weighted by atomic mass is 16.2. The molecule has 3 aliphatic rings. The van der Waals surface area contributed by atoms with Crippen LogP contribution in [0.25, 0.3) is 0 Å². The van der Waals surface area contributed by atoms with Crippen molar-refractivity contribution in [2.75, 3.05) is 10.2 Å². The van der Waals surface area contributed by atoms with Gasteiger partial charge >= 0.3 is 0 Å². The van der Waals surface area contributed by atoms with Crippen LogP contribution in [-0.2, 0) is 9.59 Å². The van der Waals surface area contributed by atoms with Gasteiger partial charge in [0.05, 0.1) is 23.8 Å². The highest BCUT2D eigenvalue weighted by molar-refractivity contribution is 6.07. The fourth-order valence-electron chi connectivity index (χ4n) is 5.07. The summed E-state index contributed by atoms with van der Waals surface area (Å²) in [5.41, 5.74) is 9.83. The van der Waals surface area contributed by atoms with Crippen LogP contribution in [-0.4, -0.2) is 29.8 Å². The molecule has 7 heteroatoms. The van der Waals surface area contributed by atoms with Crippen LogP contribution in [0.4, 0.5) is 11.4 Å². The molecule has 2 saturated carbocycles. The van der Waals surface area contributed by atoms with Crippen molar-refractivity contribution in [2.45, 2.75) is 70.0 Å². The van der Waals surface area contributed by atoms with Gasteiger partial charge in [0.25, 0.3) is 5.91 Å². The van der Waals surface area contributed by atoms with E-state index in [1.54, 1.807) is 23.1 Å². The van der Waals surface area contributed by atoms with E-state index in [-0.39, 0.29) is 42.1 Å². The Bertz CT molecular complexity index is 1110. The third-order valence-corrected chi connectivity index (χ3v) is 7.24. The molecule has 2 fully saturated rings. The summed E-state index contributed by atoms with van der Waals surface area (Å²) in [6, 6.07) is 12.7. The lowest BCUT2D eigenvalue weighted by Gasteiger charge is -2.31. The molecule has 0 radical (unpaired) electrons. The maximum atomic E-state index is 13.4. The summed E-state index contributed by atoms with van der Waals surface area (Å²) in [7, 11) is 0. The van der Waals surface area contributed by atoms with E-state index in [4.69, 9.17) is 5.73 Å². The fraction of sp³-hybridized carbons (Fsp3) is 0.444.